The molecule has 1 aliphatic heterocycles. The van der Waals surface area contributed by atoms with Crippen LogP contribution in [0.1, 0.15) is 12.1 Å². The van der Waals surface area contributed by atoms with E-state index >= 15 is 0 Å². The summed E-state index contributed by atoms with van der Waals surface area (Å²) in [6.45, 7) is 2.96. The molecule has 0 radical (unpaired) electrons. The lowest BCUT2D eigenvalue weighted by Gasteiger charge is -2.21. The van der Waals surface area contributed by atoms with Gasteiger partial charge in [0.25, 0.3) is 0 Å². The molecule has 1 saturated heterocycles. The van der Waals surface area contributed by atoms with E-state index in [1.165, 1.54) is 6.42 Å². The minimum atomic E-state index is 0.589. The van der Waals surface area contributed by atoms with Crippen molar-refractivity contribution in [1.82, 2.24) is 15.2 Å². The van der Waals surface area contributed by atoms with Crippen molar-refractivity contribution in [3.63, 3.8) is 0 Å². The molecular weight excluding hydrogens is 274 g/mol. The smallest absolute Gasteiger partial charge is 0.226 e. The summed E-state index contributed by atoms with van der Waals surface area (Å²) in [4.78, 5) is 6.87. The number of aromatic nitrogens is 1. The van der Waals surface area contributed by atoms with E-state index in [4.69, 9.17) is 16.0 Å². The molecule has 0 spiro atoms. The maximum atomic E-state index is 5.88. The van der Waals surface area contributed by atoms with Crippen molar-refractivity contribution in [3.05, 3.63) is 41.2 Å². The van der Waals surface area contributed by atoms with Gasteiger partial charge in [0.1, 0.15) is 6.26 Å². The Kier molecular flexibility index (Phi) is 4.05. The number of nitrogens with zero attached hydrogens (tertiary/aromatic N) is 2. The largest absolute Gasteiger partial charge is 0.444 e. The zero-order valence-electron chi connectivity index (χ0n) is 11.5. The number of nitrogens with one attached hydrogen (secondary N) is 1. The summed E-state index contributed by atoms with van der Waals surface area (Å²) in [6, 6.07) is 8.12. The van der Waals surface area contributed by atoms with Gasteiger partial charge in [-0.3, -0.25) is 4.90 Å². The molecule has 0 saturated carbocycles. The maximum Gasteiger partial charge on any atom is 0.226 e. The number of oxazole rings is 1. The zero-order valence-corrected chi connectivity index (χ0v) is 12.2. The summed E-state index contributed by atoms with van der Waals surface area (Å²) < 4.78 is 5.56. The molecule has 1 aromatic carbocycles. The second-order valence-electron chi connectivity index (χ2n) is 5.21. The molecular formula is C15H18ClN3O. The average molecular weight is 292 g/mol. The highest BCUT2D eigenvalue weighted by atomic mass is 35.5. The standard InChI is InChI=1S/C15H18ClN3O/c1-19(14-6-7-17-8-14)9-13-10-20-15(18-13)11-2-4-12(16)5-3-11/h2-5,10,14,17H,6-9H2,1H3. The lowest BCUT2D eigenvalue weighted by atomic mass is 10.2. The van der Waals surface area contributed by atoms with Gasteiger partial charge < -0.3 is 9.73 Å². The quantitative estimate of drug-likeness (QED) is 0.940. The van der Waals surface area contributed by atoms with E-state index in [9.17, 15) is 0 Å². The van der Waals surface area contributed by atoms with E-state index in [1.54, 1.807) is 6.26 Å². The van der Waals surface area contributed by atoms with Gasteiger partial charge in [-0.1, -0.05) is 11.6 Å². The zero-order chi connectivity index (χ0) is 13.9. The Morgan fingerprint density at radius 2 is 2.20 bits per heavy atom. The highest BCUT2D eigenvalue weighted by molar-refractivity contribution is 6.30. The minimum absolute atomic E-state index is 0.589. The molecule has 1 aromatic heterocycles. The molecule has 1 atom stereocenters. The second-order valence-corrected chi connectivity index (χ2v) is 5.65. The Labute approximate surface area is 123 Å². The lowest BCUT2D eigenvalue weighted by Crippen LogP contribution is -2.32. The van der Waals surface area contributed by atoms with Crippen molar-refractivity contribution < 1.29 is 4.42 Å². The molecule has 0 bridgehead atoms. The first kappa shape index (κ1) is 13.6. The van der Waals surface area contributed by atoms with Crippen LogP contribution in [0.15, 0.2) is 34.9 Å². The first-order valence-corrected chi connectivity index (χ1v) is 7.21. The molecule has 106 valence electrons. The third-order valence-corrected chi connectivity index (χ3v) is 3.96. The number of likely N-dealkylation sites (N-methyl/N-ethyl adjacent to an activating group) is 1. The minimum Gasteiger partial charge on any atom is -0.444 e. The van der Waals surface area contributed by atoms with Crippen molar-refractivity contribution >= 4 is 11.6 Å². The molecule has 0 aliphatic carbocycles. The van der Waals surface area contributed by atoms with E-state index in [1.807, 2.05) is 24.3 Å². The first-order valence-electron chi connectivity index (χ1n) is 6.83. The van der Waals surface area contributed by atoms with Crippen LogP contribution in [-0.2, 0) is 6.54 Å². The summed E-state index contributed by atoms with van der Waals surface area (Å²) in [5.41, 5.74) is 1.91. The van der Waals surface area contributed by atoms with E-state index in [0.29, 0.717) is 17.0 Å². The topological polar surface area (TPSA) is 41.3 Å². The summed E-state index contributed by atoms with van der Waals surface area (Å²) in [6.07, 6.45) is 2.93. The van der Waals surface area contributed by atoms with Crippen molar-refractivity contribution in [2.75, 3.05) is 20.1 Å². The van der Waals surface area contributed by atoms with Crippen molar-refractivity contribution in [1.29, 1.82) is 0 Å². The van der Waals surface area contributed by atoms with Gasteiger partial charge in [0.15, 0.2) is 0 Å². The Hall–Kier alpha value is -1.36. The lowest BCUT2D eigenvalue weighted by molar-refractivity contribution is 0.246. The molecule has 4 nitrogen and oxygen atoms in total. The van der Waals surface area contributed by atoms with Crippen LogP contribution in [0.25, 0.3) is 11.5 Å². The first-order chi connectivity index (χ1) is 9.72. The van der Waals surface area contributed by atoms with Gasteiger partial charge >= 0.3 is 0 Å². The Morgan fingerprint density at radius 3 is 2.90 bits per heavy atom. The number of hydrogen-bond donors (Lipinski definition) is 1. The molecule has 1 fully saturated rings. The van der Waals surface area contributed by atoms with Gasteiger partial charge in [-0.05, 0) is 44.3 Å². The van der Waals surface area contributed by atoms with Crippen molar-refractivity contribution in [2.24, 2.45) is 0 Å². The Balaban J connectivity index is 1.68. The summed E-state index contributed by atoms with van der Waals surface area (Å²) in [5.74, 6) is 0.648. The summed E-state index contributed by atoms with van der Waals surface area (Å²) in [5, 5.41) is 4.09. The van der Waals surface area contributed by atoms with E-state index in [0.717, 1.165) is 30.9 Å². The van der Waals surface area contributed by atoms with Crippen LogP contribution in [0.5, 0.6) is 0 Å². The molecule has 5 heteroatoms. The van der Waals surface area contributed by atoms with Crippen molar-refractivity contribution in [2.45, 2.75) is 19.0 Å². The SMILES string of the molecule is CN(Cc1coc(-c2ccc(Cl)cc2)n1)C1CCNC1. The summed E-state index contributed by atoms with van der Waals surface area (Å²) >= 11 is 5.88. The Morgan fingerprint density at radius 1 is 1.40 bits per heavy atom. The van der Waals surface area contributed by atoms with E-state index in [2.05, 4.69) is 22.2 Å². The van der Waals surface area contributed by atoms with Crippen LogP contribution < -0.4 is 5.32 Å². The number of benzene rings is 1. The predicted octanol–water partition coefficient (Wildman–Crippen LogP) is 2.79. The van der Waals surface area contributed by atoms with Crippen molar-refractivity contribution in [3.8, 4) is 11.5 Å². The van der Waals surface area contributed by atoms with Gasteiger partial charge in [-0.2, -0.15) is 0 Å². The van der Waals surface area contributed by atoms with Crippen LogP contribution in [0.4, 0.5) is 0 Å². The normalized spacial score (nSPS) is 18.9. The van der Waals surface area contributed by atoms with Gasteiger partial charge in [0.05, 0.1) is 5.69 Å². The number of hydrogen-bond acceptors (Lipinski definition) is 4. The molecule has 2 heterocycles. The summed E-state index contributed by atoms with van der Waals surface area (Å²) in [7, 11) is 2.13. The fourth-order valence-electron chi connectivity index (χ4n) is 2.50. The Bertz CT molecular complexity index is 561. The second kappa shape index (κ2) is 5.95. The fourth-order valence-corrected chi connectivity index (χ4v) is 2.63. The molecule has 3 rings (SSSR count). The third kappa shape index (κ3) is 3.03. The number of halogens is 1. The highest BCUT2D eigenvalue weighted by Gasteiger charge is 2.20. The highest BCUT2D eigenvalue weighted by Crippen LogP contribution is 2.21. The molecule has 1 unspecified atom stereocenters. The van der Waals surface area contributed by atoms with Gasteiger partial charge in [0.2, 0.25) is 5.89 Å². The van der Waals surface area contributed by atoms with Crippen LogP contribution in [0.3, 0.4) is 0 Å². The number of rotatable bonds is 4. The molecule has 20 heavy (non-hydrogen) atoms. The van der Waals surface area contributed by atoms with E-state index < -0.39 is 0 Å². The third-order valence-electron chi connectivity index (χ3n) is 3.71. The fraction of sp³-hybridized carbons (Fsp3) is 0.400. The van der Waals surface area contributed by atoms with Crippen LogP contribution in [0.2, 0.25) is 5.02 Å². The van der Waals surface area contributed by atoms with Gasteiger partial charge in [-0.25, -0.2) is 4.98 Å². The molecule has 1 N–H and O–H groups in total. The van der Waals surface area contributed by atoms with Crippen LogP contribution >= 0.6 is 11.6 Å². The molecule has 1 aliphatic rings. The molecule has 0 amide bonds. The average Bonchev–Trinajstić information content (AvgIpc) is 3.10. The van der Waals surface area contributed by atoms with E-state index in [-0.39, 0.29) is 0 Å². The maximum absolute atomic E-state index is 5.88. The monoisotopic (exact) mass is 291 g/mol. The van der Waals surface area contributed by atoms with Gasteiger partial charge in [0, 0.05) is 29.7 Å². The molecule has 2 aromatic rings. The van der Waals surface area contributed by atoms with Crippen LogP contribution in [-0.4, -0.2) is 36.1 Å². The van der Waals surface area contributed by atoms with Gasteiger partial charge in [-0.15, -0.1) is 0 Å². The predicted molar refractivity (Wildman–Crippen MR) is 79.7 cm³/mol. The van der Waals surface area contributed by atoms with Crippen LogP contribution in [0, 0.1) is 0 Å².